The van der Waals surface area contributed by atoms with Crippen LogP contribution >= 0.6 is 11.6 Å². The minimum atomic E-state index is -3.49. The molecule has 0 saturated carbocycles. The molecule has 0 amide bonds. The fraction of sp³-hybridized carbons (Fsp3) is 0.250. The van der Waals surface area contributed by atoms with Gasteiger partial charge in [0.15, 0.2) is 0 Å². The third-order valence-corrected chi connectivity index (χ3v) is 4.98. The van der Waals surface area contributed by atoms with Gasteiger partial charge < -0.3 is 4.74 Å². The van der Waals surface area contributed by atoms with Gasteiger partial charge in [-0.05, 0) is 36.2 Å². The van der Waals surface area contributed by atoms with Crippen LogP contribution in [-0.4, -0.2) is 21.6 Å². The first-order valence-electron chi connectivity index (χ1n) is 6.86. The summed E-state index contributed by atoms with van der Waals surface area (Å²) in [5.41, 5.74) is 1.71. The average molecular weight is 340 g/mol. The van der Waals surface area contributed by atoms with Gasteiger partial charge in [0.25, 0.3) is 0 Å². The first-order valence-corrected chi connectivity index (χ1v) is 8.72. The third-order valence-electron chi connectivity index (χ3n) is 3.10. The van der Waals surface area contributed by atoms with E-state index in [0.717, 1.165) is 11.1 Å². The maximum absolute atomic E-state index is 12.1. The van der Waals surface area contributed by atoms with Crippen LogP contribution in [0.3, 0.4) is 0 Å². The molecular weight excluding hydrogens is 322 g/mol. The monoisotopic (exact) mass is 339 g/mol. The lowest BCUT2D eigenvalue weighted by Crippen LogP contribution is -2.28. The molecule has 4 nitrogen and oxygen atoms in total. The molecule has 0 radical (unpaired) electrons. The molecule has 0 saturated heterocycles. The molecule has 0 aliphatic rings. The van der Waals surface area contributed by atoms with E-state index in [9.17, 15) is 8.42 Å². The maximum Gasteiger partial charge on any atom is 0.240 e. The van der Waals surface area contributed by atoms with Gasteiger partial charge in [0, 0.05) is 11.6 Å². The van der Waals surface area contributed by atoms with Gasteiger partial charge in [-0.3, -0.25) is 0 Å². The summed E-state index contributed by atoms with van der Waals surface area (Å²) >= 11 is 5.80. The summed E-state index contributed by atoms with van der Waals surface area (Å²) in [6, 6.07) is 14.2. The van der Waals surface area contributed by atoms with Crippen molar-refractivity contribution in [1.82, 2.24) is 4.72 Å². The Labute approximate surface area is 136 Å². The largest absolute Gasteiger partial charge is 0.375 e. The molecule has 0 aliphatic heterocycles. The Hall–Kier alpha value is -1.40. The van der Waals surface area contributed by atoms with Crippen molar-refractivity contribution in [1.29, 1.82) is 0 Å². The van der Waals surface area contributed by atoms with E-state index >= 15 is 0 Å². The molecule has 0 spiro atoms. The first kappa shape index (κ1) is 17.0. The molecule has 2 aromatic carbocycles. The van der Waals surface area contributed by atoms with Crippen molar-refractivity contribution in [2.24, 2.45) is 0 Å². The van der Waals surface area contributed by atoms with Crippen LogP contribution in [0.1, 0.15) is 11.1 Å². The van der Waals surface area contributed by atoms with Crippen molar-refractivity contribution in [3.63, 3.8) is 0 Å². The van der Waals surface area contributed by atoms with Gasteiger partial charge in [0.05, 0.1) is 18.1 Å². The van der Waals surface area contributed by atoms with Crippen LogP contribution in [0.25, 0.3) is 0 Å². The first-order chi connectivity index (χ1) is 10.5. The van der Waals surface area contributed by atoms with Crippen molar-refractivity contribution < 1.29 is 13.2 Å². The highest BCUT2D eigenvalue weighted by Gasteiger charge is 2.15. The van der Waals surface area contributed by atoms with Gasteiger partial charge >= 0.3 is 0 Å². The van der Waals surface area contributed by atoms with Crippen molar-refractivity contribution in [3.8, 4) is 0 Å². The van der Waals surface area contributed by atoms with Crippen LogP contribution < -0.4 is 4.72 Å². The standard InChI is InChI=1S/C16H18ClNO3S/c1-13-4-2-3-5-16(13)22(19,20)18-10-11-21-12-14-6-8-15(17)9-7-14/h2-9,18H,10-12H2,1H3. The maximum atomic E-state index is 12.1. The normalized spacial score (nSPS) is 11.5. The Morgan fingerprint density at radius 1 is 1.09 bits per heavy atom. The van der Waals surface area contributed by atoms with Crippen molar-refractivity contribution >= 4 is 21.6 Å². The molecule has 0 aromatic heterocycles. The number of sulfonamides is 1. The Morgan fingerprint density at radius 3 is 2.45 bits per heavy atom. The molecule has 22 heavy (non-hydrogen) atoms. The van der Waals surface area contributed by atoms with Gasteiger partial charge in [-0.1, -0.05) is 41.9 Å². The molecule has 0 heterocycles. The zero-order chi connectivity index (χ0) is 16.0. The molecule has 2 rings (SSSR count). The van der Waals surface area contributed by atoms with E-state index in [1.807, 2.05) is 18.2 Å². The molecule has 0 bridgehead atoms. The van der Waals surface area contributed by atoms with Gasteiger partial charge in [-0.25, -0.2) is 13.1 Å². The predicted octanol–water partition coefficient (Wildman–Crippen LogP) is 3.14. The second-order valence-electron chi connectivity index (χ2n) is 4.84. The van der Waals surface area contributed by atoms with Gasteiger partial charge in [0.1, 0.15) is 0 Å². The molecule has 0 atom stereocenters. The average Bonchev–Trinajstić information content (AvgIpc) is 2.49. The number of benzene rings is 2. The van der Waals surface area contributed by atoms with Gasteiger partial charge in [-0.2, -0.15) is 0 Å². The Bertz CT molecular complexity index is 714. The highest BCUT2D eigenvalue weighted by Crippen LogP contribution is 2.13. The van der Waals surface area contributed by atoms with Crippen LogP contribution in [0.15, 0.2) is 53.4 Å². The lowest BCUT2D eigenvalue weighted by atomic mass is 10.2. The molecule has 2 aromatic rings. The van der Waals surface area contributed by atoms with Crippen LogP contribution in [-0.2, 0) is 21.4 Å². The van der Waals surface area contributed by atoms with Crippen LogP contribution in [0.4, 0.5) is 0 Å². The quantitative estimate of drug-likeness (QED) is 0.788. The summed E-state index contributed by atoms with van der Waals surface area (Å²) in [7, 11) is -3.49. The highest BCUT2D eigenvalue weighted by atomic mass is 35.5. The van der Waals surface area contributed by atoms with Gasteiger partial charge in [-0.15, -0.1) is 0 Å². The number of rotatable bonds is 7. The molecule has 6 heteroatoms. The number of nitrogens with one attached hydrogen (secondary N) is 1. The summed E-state index contributed by atoms with van der Waals surface area (Å²) in [4.78, 5) is 0.299. The predicted molar refractivity (Wildman–Crippen MR) is 87.5 cm³/mol. The topological polar surface area (TPSA) is 55.4 Å². The van der Waals surface area contributed by atoms with E-state index in [-0.39, 0.29) is 6.54 Å². The van der Waals surface area contributed by atoms with Crippen LogP contribution in [0.5, 0.6) is 0 Å². The fourth-order valence-electron chi connectivity index (χ4n) is 1.95. The van der Waals surface area contributed by atoms with E-state index in [0.29, 0.717) is 23.1 Å². The number of halogens is 1. The zero-order valence-corrected chi connectivity index (χ0v) is 13.8. The number of ether oxygens (including phenoxy) is 1. The van der Waals surface area contributed by atoms with Gasteiger partial charge in [0.2, 0.25) is 10.0 Å². The molecule has 0 fully saturated rings. The third kappa shape index (κ3) is 4.81. The molecule has 118 valence electrons. The smallest absolute Gasteiger partial charge is 0.240 e. The van der Waals surface area contributed by atoms with Crippen molar-refractivity contribution in [2.75, 3.05) is 13.2 Å². The number of hydrogen-bond acceptors (Lipinski definition) is 3. The lowest BCUT2D eigenvalue weighted by Gasteiger charge is -2.09. The number of hydrogen-bond donors (Lipinski definition) is 1. The Balaban J connectivity index is 1.79. The molecule has 0 unspecified atom stereocenters. The summed E-state index contributed by atoms with van der Waals surface area (Å²) in [5.74, 6) is 0. The Morgan fingerprint density at radius 2 is 1.77 bits per heavy atom. The number of aryl methyl sites for hydroxylation is 1. The minimum Gasteiger partial charge on any atom is -0.375 e. The molecular formula is C16H18ClNO3S. The van der Waals surface area contributed by atoms with E-state index in [2.05, 4.69) is 4.72 Å². The summed E-state index contributed by atoms with van der Waals surface area (Å²) in [6.45, 7) is 2.72. The summed E-state index contributed by atoms with van der Waals surface area (Å²) in [5, 5.41) is 0.676. The zero-order valence-electron chi connectivity index (χ0n) is 12.3. The fourth-order valence-corrected chi connectivity index (χ4v) is 3.34. The highest BCUT2D eigenvalue weighted by molar-refractivity contribution is 7.89. The summed E-state index contributed by atoms with van der Waals surface area (Å²) < 4.78 is 32.3. The Kier molecular flexibility index (Phi) is 5.97. The summed E-state index contributed by atoms with van der Waals surface area (Å²) in [6.07, 6.45) is 0. The van der Waals surface area contributed by atoms with E-state index < -0.39 is 10.0 Å². The minimum absolute atomic E-state index is 0.226. The van der Waals surface area contributed by atoms with Crippen molar-refractivity contribution in [3.05, 3.63) is 64.7 Å². The molecule has 0 aliphatic carbocycles. The molecule has 1 N–H and O–H groups in total. The van der Waals surface area contributed by atoms with E-state index in [1.54, 1.807) is 37.3 Å². The lowest BCUT2D eigenvalue weighted by molar-refractivity contribution is 0.126. The van der Waals surface area contributed by atoms with E-state index in [1.165, 1.54) is 0 Å². The van der Waals surface area contributed by atoms with E-state index in [4.69, 9.17) is 16.3 Å². The SMILES string of the molecule is Cc1ccccc1S(=O)(=O)NCCOCc1ccc(Cl)cc1. The second-order valence-corrected chi connectivity index (χ2v) is 7.01. The second kappa shape index (κ2) is 7.74. The van der Waals surface area contributed by atoms with Crippen LogP contribution in [0, 0.1) is 6.92 Å². The van der Waals surface area contributed by atoms with Crippen molar-refractivity contribution in [2.45, 2.75) is 18.4 Å². The van der Waals surface area contributed by atoms with Crippen LogP contribution in [0.2, 0.25) is 5.02 Å².